The monoisotopic (exact) mass is 798 g/mol. The Bertz CT molecular complexity index is 1520. The Hall–Kier alpha value is -1.31. The third-order valence-electron chi connectivity index (χ3n) is 17.3. The first-order chi connectivity index (χ1) is 26.1. The molecule has 320 valence electrons. The van der Waals surface area contributed by atoms with Gasteiger partial charge in [0, 0.05) is 11.3 Å². The highest BCUT2D eigenvalue weighted by Gasteiger charge is 2.72. The zero-order chi connectivity index (χ0) is 41.1. The van der Waals surface area contributed by atoms with Crippen molar-refractivity contribution in [2.45, 2.75) is 166 Å². The molecule has 0 aromatic carbocycles. The number of ether oxygens (including phenoxy) is 4. The van der Waals surface area contributed by atoms with E-state index in [2.05, 4.69) is 26.8 Å². The molecule has 2 heterocycles. The number of aliphatic hydroxyl groups excluding tert-OH is 9. The molecule has 2 aliphatic heterocycles. The summed E-state index contributed by atoms with van der Waals surface area (Å²) in [4.78, 5) is 14.6. The van der Waals surface area contributed by atoms with Crippen LogP contribution in [0.4, 0.5) is 0 Å². The third-order valence-corrected chi connectivity index (χ3v) is 17.3. The molecule has 0 spiro atoms. The minimum Gasteiger partial charge on any atom is -0.432 e. The van der Waals surface area contributed by atoms with Gasteiger partial charge < -0.3 is 70.0 Å². The largest absolute Gasteiger partial charge is 0.432 e. The number of aliphatic hydroxyl groups is 10. The fourth-order valence-corrected chi connectivity index (χ4v) is 13.6. The molecule has 6 fully saturated rings. The molecular weight excluding hydrogens is 732 g/mol. The first-order valence-electron chi connectivity index (χ1n) is 20.6. The van der Waals surface area contributed by atoms with Crippen LogP contribution in [0.25, 0.3) is 0 Å². The maximum absolute atomic E-state index is 14.6. The van der Waals surface area contributed by atoms with E-state index in [1.54, 1.807) is 6.92 Å². The minimum atomic E-state index is -1.74. The van der Waals surface area contributed by atoms with Crippen LogP contribution in [0.1, 0.15) is 92.9 Å². The highest BCUT2D eigenvalue weighted by molar-refractivity contribution is 5.79. The summed E-state index contributed by atoms with van der Waals surface area (Å²) < 4.78 is 23.3. The summed E-state index contributed by atoms with van der Waals surface area (Å²) in [6.07, 6.45) is -9.19. The molecule has 21 atom stereocenters. The second kappa shape index (κ2) is 14.4. The van der Waals surface area contributed by atoms with E-state index in [9.17, 15) is 55.9 Å². The van der Waals surface area contributed by atoms with Gasteiger partial charge in [-0.05, 0) is 92.3 Å². The summed E-state index contributed by atoms with van der Waals surface area (Å²) in [6, 6.07) is 0. The van der Waals surface area contributed by atoms with Gasteiger partial charge >= 0.3 is 5.97 Å². The van der Waals surface area contributed by atoms with Crippen LogP contribution in [-0.2, 0) is 23.7 Å². The van der Waals surface area contributed by atoms with Crippen molar-refractivity contribution in [1.29, 1.82) is 0 Å². The summed E-state index contributed by atoms with van der Waals surface area (Å²) in [6.45, 7) is 11.2. The summed E-state index contributed by atoms with van der Waals surface area (Å²) in [7, 11) is 0. The number of esters is 1. The fraction of sp³-hybridized carbons (Fsp3) is 0.927. The Labute approximate surface area is 328 Å². The van der Waals surface area contributed by atoms with Crippen molar-refractivity contribution in [2.24, 2.45) is 50.7 Å². The van der Waals surface area contributed by atoms with Crippen molar-refractivity contribution < 1.29 is 74.8 Å². The number of carbonyl (C=O) groups excluding carboxylic acids is 1. The molecule has 5 aliphatic carbocycles. The predicted molar refractivity (Wildman–Crippen MR) is 196 cm³/mol. The van der Waals surface area contributed by atoms with Gasteiger partial charge in [0.1, 0.15) is 42.7 Å². The third kappa shape index (κ3) is 5.96. The van der Waals surface area contributed by atoms with Crippen LogP contribution < -0.4 is 0 Å². The first-order valence-corrected chi connectivity index (χ1v) is 20.6. The second-order valence-electron chi connectivity index (χ2n) is 19.9. The lowest BCUT2D eigenvalue weighted by Gasteiger charge is -2.72. The lowest BCUT2D eigenvalue weighted by Crippen LogP contribution is -2.70. The Morgan fingerprint density at radius 2 is 1.48 bits per heavy atom. The standard InChI is InChI=1S/C41H66O15/c1-19-26-20-7-8-25-36(2)15-21(44)32(55-33-30(49)27(46)22(45)17-53-33)37(3,18-43)24(36)9-10-39(25,5)38(20,4)11-13-41(26,14-12-40(19,6)52)35(51)56-34-31(50)29(48)28(47)23(16-42)54-34/h7,19,21-34,42-50,52H,8-18H2,1-6H3/t19-,21-,22+,23-,24-,25-,26+,27+,28-,29+,30-,31-,32+,33+,34+,36+,37+,38-,39-,40+,41-/m1/s1. The normalized spacial score (nSPS) is 57.1. The van der Waals surface area contributed by atoms with Crippen molar-refractivity contribution in [3.8, 4) is 0 Å². The molecule has 10 N–H and O–H groups in total. The van der Waals surface area contributed by atoms with Gasteiger partial charge in [-0.15, -0.1) is 0 Å². The van der Waals surface area contributed by atoms with Gasteiger partial charge in [0.05, 0.1) is 43.0 Å². The SMILES string of the molecule is C[C@@H]1[C@H]2C3=CC[C@@H]4[C@@]5(C)C[C@@H](O)[C@H](O[C@@H]6OC[C@H](O)[C@H](O)[C@H]6O)[C@@](C)(CO)[C@@H]5CC[C@@]4(C)[C@]3(C)CC[C@@]2(C(=O)O[C@@H]2O[C@H](CO)[C@@H](O)[C@H](O)[C@H]2O)CC[C@]1(C)O. The maximum atomic E-state index is 14.6. The van der Waals surface area contributed by atoms with Crippen molar-refractivity contribution >= 4 is 5.97 Å². The van der Waals surface area contributed by atoms with Gasteiger partial charge in [-0.3, -0.25) is 4.79 Å². The van der Waals surface area contributed by atoms with Gasteiger partial charge in [-0.1, -0.05) is 46.3 Å². The molecule has 7 rings (SSSR count). The highest BCUT2D eigenvalue weighted by atomic mass is 16.7. The minimum absolute atomic E-state index is 0.0328. The topological polar surface area (TPSA) is 256 Å². The van der Waals surface area contributed by atoms with Crippen molar-refractivity contribution in [3.05, 3.63) is 11.6 Å². The number of allylic oxidation sites excluding steroid dienone is 2. The fourth-order valence-electron chi connectivity index (χ4n) is 13.6. The average Bonchev–Trinajstić information content (AvgIpc) is 3.14. The van der Waals surface area contributed by atoms with Crippen LogP contribution in [0.5, 0.6) is 0 Å². The maximum Gasteiger partial charge on any atom is 0.315 e. The predicted octanol–water partition coefficient (Wildman–Crippen LogP) is -0.131. The Balaban J connectivity index is 1.21. The number of fused-ring (bicyclic) bond motifs is 7. The van der Waals surface area contributed by atoms with E-state index in [1.807, 2.05) is 13.8 Å². The van der Waals surface area contributed by atoms with Crippen LogP contribution in [0.3, 0.4) is 0 Å². The Morgan fingerprint density at radius 1 is 0.821 bits per heavy atom. The molecule has 0 bridgehead atoms. The van der Waals surface area contributed by atoms with Gasteiger partial charge in [0.2, 0.25) is 6.29 Å². The van der Waals surface area contributed by atoms with Gasteiger partial charge in [0.15, 0.2) is 6.29 Å². The van der Waals surface area contributed by atoms with E-state index in [-0.39, 0.29) is 36.4 Å². The van der Waals surface area contributed by atoms with Crippen LogP contribution in [0, 0.1) is 50.7 Å². The van der Waals surface area contributed by atoms with E-state index >= 15 is 0 Å². The van der Waals surface area contributed by atoms with E-state index in [1.165, 1.54) is 0 Å². The van der Waals surface area contributed by atoms with Gasteiger partial charge in [-0.25, -0.2) is 0 Å². The molecule has 56 heavy (non-hydrogen) atoms. The molecule has 15 heteroatoms. The lowest BCUT2D eigenvalue weighted by molar-refractivity contribution is -0.328. The molecule has 0 unspecified atom stereocenters. The lowest BCUT2D eigenvalue weighted by atomic mass is 9.33. The molecule has 2 saturated heterocycles. The van der Waals surface area contributed by atoms with Gasteiger partial charge in [-0.2, -0.15) is 0 Å². The van der Waals surface area contributed by atoms with Gasteiger partial charge in [0.25, 0.3) is 0 Å². The molecule has 7 aliphatic rings. The number of hydrogen-bond acceptors (Lipinski definition) is 15. The molecule has 0 aromatic heterocycles. The van der Waals surface area contributed by atoms with Crippen LogP contribution >= 0.6 is 0 Å². The molecular formula is C41H66O15. The molecule has 15 nitrogen and oxygen atoms in total. The van der Waals surface area contributed by atoms with E-state index in [0.717, 1.165) is 12.0 Å². The highest BCUT2D eigenvalue weighted by Crippen LogP contribution is 2.76. The number of rotatable bonds is 6. The van der Waals surface area contributed by atoms with Crippen molar-refractivity contribution in [3.63, 3.8) is 0 Å². The van der Waals surface area contributed by atoms with Crippen LogP contribution in [-0.4, -0.2) is 150 Å². The second-order valence-corrected chi connectivity index (χ2v) is 19.9. The first kappa shape index (κ1) is 42.8. The van der Waals surface area contributed by atoms with Crippen molar-refractivity contribution in [1.82, 2.24) is 0 Å². The number of carbonyl (C=O) groups is 1. The average molecular weight is 799 g/mol. The summed E-state index contributed by atoms with van der Waals surface area (Å²) in [5, 5.41) is 107. The Kier molecular flexibility index (Phi) is 11.0. The summed E-state index contributed by atoms with van der Waals surface area (Å²) in [5.74, 6) is -1.52. The summed E-state index contributed by atoms with van der Waals surface area (Å²) in [5.41, 5.74) is -3.36. The Morgan fingerprint density at radius 3 is 2.14 bits per heavy atom. The molecule has 4 saturated carbocycles. The molecule has 0 radical (unpaired) electrons. The van der Waals surface area contributed by atoms with E-state index in [0.29, 0.717) is 44.9 Å². The van der Waals surface area contributed by atoms with E-state index in [4.69, 9.17) is 18.9 Å². The van der Waals surface area contributed by atoms with E-state index < -0.39 is 113 Å². The molecule has 0 amide bonds. The zero-order valence-corrected chi connectivity index (χ0v) is 33.5. The summed E-state index contributed by atoms with van der Waals surface area (Å²) >= 11 is 0. The van der Waals surface area contributed by atoms with Crippen LogP contribution in [0.15, 0.2) is 11.6 Å². The van der Waals surface area contributed by atoms with Crippen LogP contribution in [0.2, 0.25) is 0 Å². The number of hydrogen-bond donors (Lipinski definition) is 10. The quantitative estimate of drug-likeness (QED) is 0.0955. The smallest absolute Gasteiger partial charge is 0.315 e. The molecule has 0 aromatic rings. The zero-order valence-electron chi connectivity index (χ0n) is 33.5. The van der Waals surface area contributed by atoms with Crippen molar-refractivity contribution in [2.75, 3.05) is 19.8 Å².